The van der Waals surface area contributed by atoms with Gasteiger partial charge in [0.05, 0.1) is 11.6 Å². The molecule has 72 valence electrons. The molecule has 1 aromatic rings. The Morgan fingerprint density at radius 3 is 2.77 bits per heavy atom. The van der Waals surface area contributed by atoms with Gasteiger partial charge in [-0.05, 0) is 11.6 Å². The Labute approximate surface area is 79.7 Å². The molecule has 0 radical (unpaired) electrons. The summed E-state index contributed by atoms with van der Waals surface area (Å²) in [5, 5.41) is 0.246. The SMILES string of the molecule is NCC(F)(F)Cc1ccncc1Cl. The molecule has 0 spiro atoms. The van der Waals surface area contributed by atoms with E-state index in [1.165, 1.54) is 18.5 Å². The third-order valence-electron chi connectivity index (χ3n) is 1.60. The zero-order valence-electron chi connectivity index (χ0n) is 6.80. The number of pyridine rings is 1. The van der Waals surface area contributed by atoms with Crippen molar-refractivity contribution in [3.63, 3.8) is 0 Å². The van der Waals surface area contributed by atoms with Crippen LogP contribution < -0.4 is 5.73 Å². The van der Waals surface area contributed by atoms with Crippen molar-refractivity contribution in [2.75, 3.05) is 6.54 Å². The lowest BCUT2D eigenvalue weighted by atomic mass is 10.1. The van der Waals surface area contributed by atoms with Gasteiger partial charge in [0.15, 0.2) is 0 Å². The predicted molar refractivity (Wildman–Crippen MR) is 47.0 cm³/mol. The fourth-order valence-electron chi connectivity index (χ4n) is 0.898. The lowest BCUT2D eigenvalue weighted by Gasteiger charge is -2.13. The monoisotopic (exact) mass is 206 g/mol. The highest BCUT2D eigenvalue weighted by molar-refractivity contribution is 6.31. The molecule has 1 heterocycles. The van der Waals surface area contributed by atoms with E-state index in [1.807, 2.05) is 0 Å². The van der Waals surface area contributed by atoms with E-state index in [-0.39, 0.29) is 5.02 Å². The van der Waals surface area contributed by atoms with Gasteiger partial charge in [0.25, 0.3) is 5.92 Å². The van der Waals surface area contributed by atoms with Gasteiger partial charge in [-0.1, -0.05) is 11.6 Å². The molecule has 0 aromatic carbocycles. The number of hydrogen-bond acceptors (Lipinski definition) is 2. The Kier molecular flexibility index (Phi) is 3.17. The molecule has 5 heteroatoms. The normalized spacial score (nSPS) is 11.7. The molecular formula is C8H9ClF2N2. The van der Waals surface area contributed by atoms with Crippen molar-refractivity contribution < 1.29 is 8.78 Å². The van der Waals surface area contributed by atoms with Crippen LogP contribution in [0.2, 0.25) is 5.02 Å². The maximum Gasteiger partial charge on any atom is 0.264 e. The fourth-order valence-corrected chi connectivity index (χ4v) is 1.08. The van der Waals surface area contributed by atoms with Crippen LogP contribution in [0, 0.1) is 0 Å². The summed E-state index contributed by atoms with van der Waals surface area (Å²) < 4.78 is 25.6. The summed E-state index contributed by atoms with van der Waals surface area (Å²) in [6.45, 7) is -0.675. The van der Waals surface area contributed by atoms with E-state index in [9.17, 15) is 8.78 Å². The molecule has 0 unspecified atom stereocenters. The smallest absolute Gasteiger partial charge is 0.264 e. The Morgan fingerprint density at radius 2 is 2.23 bits per heavy atom. The molecule has 13 heavy (non-hydrogen) atoms. The van der Waals surface area contributed by atoms with Crippen molar-refractivity contribution in [2.24, 2.45) is 5.73 Å². The summed E-state index contributed by atoms with van der Waals surface area (Å²) in [6.07, 6.45) is 2.32. The molecule has 1 aromatic heterocycles. The molecule has 0 aliphatic carbocycles. The van der Waals surface area contributed by atoms with E-state index >= 15 is 0 Å². The minimum Gasteiger partial charge on any atom is -0.325 e. The van der Waals surface area contributed by atoms with Crippen LogP contribution in [-0.4, -0.2) is 17.5 Å². The van der Waals surface area contributed by atoms with Crippen molar-refractivity contribution in [3.8, 4) is 0 Å². The highest BCUT2D eigenvalue weighted by Gasteiger charge is 2.27. The molecule has 1 rings (SSSR count). The highest BCUT2D eigenvalue weighted by Crippen LogP contribution is 2.23. The molecule has 2 N–H and O–H groups in total. The van der Waals surface area contributed by atoms with Crippen LogP contribution in [-0.2, 0) is 6.42 Å². The third kappa shape index (κ3) is 2.90. The van der Waals surface area contributed by atoms with E-state index in [0.29, 0.717) is 5.56 Å². The molecule has 0 saturated carbocycles. The van der Waals surface area contributed by atoms with E-state index in [1.54, 1.807) is 0 Å². The second kappa shape index (κ2) is 3.98. The van der Waals surface area contributed by atoms with Crippen LogP contribution in [0.4, 0.5) is 8.78 Å². The van der Waals surface area contributed by atoms with Crippen LogP contribution in [0.3, 0.4) is 0 Å². The summed E-state index contributed by atoms with van der Waals surface area (Å²) in [6, 6.07) is 1.46. The van der Waals surface area contributed by atoms with Crippen LogP contribution >= 0.6 is 11.6 Å². The number of halogens is 3. The maximum atomic E-state index is 12.8. The van der Waals surface area contributed by atoms with Crippen molar-refractivity contribution >= 4 is 11.6 Å². The van der Waals surface area contributed by atoms with E-state index < -0.39 is 18.9 Å². The van der Waals surface area contributed by atoms with Crippen LogP contribution in [0.1, 0.15) is 5.56 Å². The molecule has 0 aliphatic rings. The van der Waals surface area contributed by atoms with Crippen LogP contribution in [0.25, 0.3) is 0 Å². The van der Waals surface area contributed by atoms with Gasteiger partial charge in [0.2, 0.25) is 0 Å². The first-order valence-electron chi connectivity index (χ1n) is 3.71. The van der Waals surface area contributed by atoms with Crippen molar-refractivity contribution in [1.82, 2.24) is 4.98 Å². The van der Waals surface area contributed by atoms with Gasteiger partial charge in [-0.25, -0.2) is 8.78 Å². The molecule has 0 aliphatic heterocycles. The minimum absolute atomic E-state index is 0.246. The van der Waals surface area contributed by atoms with Gasteiger partial charge >= 0.3 is 0 Å². The number of nitrogens with two attached hydrogens (primary N) is 1. The summed E-state index contributed by atoms with van der Waals surface area (Å²) in [7, 11) is 0. The first-order valence-corrected chi connectivity index (χ1v) is 4.09. The second-order valence-corrected chi connectivity index (χ2v) is 3.11. The van der Waals surface area contributed by atoms with Crippen molar-refractivity contribution in [2.45, 2.75) is 12.3 Å². The van der Waals surface area contributed by atoms with Crippen LogP contribution in [0.5, 0.6) is 0 Å². The predicted octanol–water partition coefficient (Wildman–Crippen LogP) is 1.87. The Morgan fingerprint density at radius 1 is 1.54 bits per heavy atom. The van der Waals surface area contributed by atoms with Gasteiger partial charge in [-0.2, -0.15) is 0 Å². The summed E-state index contributed by atoms with van der Waals surface area (Å²) in [5.41, 5.74) is 5.26. The number of hydrogen-bond donors (Lipinski definition) is 1. The number of nitrogens with zero attached hydrogens (tertiary/aromatic N) is 1. The largest absolute Gasteiger partial charge is 0.325 e. The molecule has 0 amide bonds. The zero-order chi connectivity index (χ0) is 9.90. The molecule has 0 fully saturated rings. The molecule has 0 saturated heterocycles. The van der Waals surface area contributed by atoms with Crippen molar-refractivity contribution in [1.29, 1.82) is 0 Å². The lowest BCUT2D eigenvalue weighted by Crippen LogP contribution is -2.30. The van der Waals surface area contributed by atoms with Gasteiger partial charge in [0, 0.05) is 18.8 Å². The second-order valence-electron chi connectivity index (χ2n) is 2.70. The third-order valence-corrected chi connectivity index (χ3v) is 1.94. The van der Waals surface area contributed by atoms with Crippen molar-refractivity contribution in [3.05, 3.63) is 29.0 Å². The Bertz CT molecular complexity index is 291. The molecule has 0 atom stereocenters. The summed E-state index contributed by atoms with van der Waals surface area (Å²) in [5.74, 6) is -2.90. The minimum atomic E-state index is -2.90. The fraction of sp³-hybridized carbons (Fsp3) is 0.375. The number of rotatable bonds is 3. The maximum absolute atomic E-state index is 12.8. The molecular weight excluding hydrogens is 198 g/mol. The number of aromatic nitrogens is 1. The molecule has 2 nitrogen and oxygen atoms in total. The zero-order valence-corrected chi connectivity index (χ0v) is 7.56. The van der Waals surface area contributed by atoms with E-state index in [0.717, 1.165) is 0 Å². The lowest BCUT2D eigenvalue weighted by molar-refractivity contribution is 0.0115. The first-order chi connectivity index (χ1) is 6.05. The molecule has 0 bridgehead atoms. The standard InChI is InChI=1S/C8H9ClF2N2/c9-7-4-13-2-1-6(7)3-8(10,11)5-12/h1-2,4H,3,5,12H2. The summed E-state index contributed by atoms with van der Waals surface area (Å²) in [4.78, 5) is 3.69. The Balaban J connectivity index is 2.80. The quantitative estimate of drug-likeness (QED) is 0.820. The van der Waals surface area contributed by atoms with Gasteiger partial charge < -0.3 is 5.73 Å². The summed E-state index contributed by atoms with van der Waals surface area (Å²) >= 11 is 5.65. The Hall–Kier alpha value is -0.740. The van der Waals surface area contributed by atoms with Gasteiger partial charge in [-0.3, -0.25) is 4.98 Å². The van der Waals surface area contributed by atoms with Crippen LogP contribution in [0.15, 0.2) is 18.5 Å². The highest BCUT2D eigenvalue weighted by atomic mass is 35.5. The topological polar surface area (TPSA) is 38.9 Å². The first kappa shape index (κ1) is 10.3. The number of alkyl halides is 2. The van der Waals surface area contributed by atoms with E-state index in [4.69, 9.17) is 17.3 Å². The van der Waals surface area contributed by atoms with Gasteiger partial charge in [0.1, 0.15) is 0 Å². The average Bonchev–Trinajstić information content (AvgIpc) is 2.09. The van der Waals surface area contributed by atoms with E-state index in [2.05, 4.69) is 4.98 Å². The average molecular weight is 207 g/mol. The van der Waals surface area contributed by atoms with Gasteiger partial charge in [-0.15, -0.1) is 0 Å².